The van der Waals surface area contributed by atoms with Crippen LogP contribution in [0, 0.1) is 5.92 Å². The predicted molar refractivity (Wildman–Crippen MR) is 110 cm³/mol. The molecule has 2 aromatic rings. The zero-order valence-electron chi connectivity index (χ0n) is 16.5. The molecular formula is C23H30N2O3. The van der Waals surface area contributed by atoms with Gasteiger partial charge in [0.15, 0.2) is 0 Å². The number of carbonyl (C=O) groups is 2. The zero-order valence-corrected chi connectivity index (χ0v) is 16.5. The first-order valence-electron chi connectivity index (χ1n) is 9.93. The number of nitrogens with two attached hydrogens (primary N) is 1. The van der Waals surface area contributed by atoms with E-state index in [9.17, 15) is 9.59 Å². The smallest absolute Gasteiger partial charge is 0.336 e. The Morgan fingerprint density at radius 2 is 1.50 bits per heavy atom. The van der Waals surface area contributed by atoms with Gasteiger partial charge in [-0.05, 0) is 48.8 Å². The van der Waals surface area contributed by atoms with E-state index in [1.165, 1.54) is 11.1 Å². The minimum Gasteiger partial charge on any atom is -0.340 e. The molecule has 2 rings (SSSR count). The maximum Gasteiger partial charge on any atom is 0.336 e. The third-order valence-corrected chi connectivity index (χ3v) is 4.79. The zero-order chi connectivity index (χ0) is 20.2. The van der Waals surface area contributed by atoms with Gasteiger partial charge >= 0.3 is 5.97 Å². The van der Waals surface area contributed by atoms with Crippen molar-refractivity contribution in [3.8, 4) is 0 Å². The Morgan fingerprint density at radius 1 is 0.929 bits per heavy atom. The second-order valence-electron chi connectivity index (χ2n) is 6.97. The lowest BCUT2D eigenvalue weighted by Gasteiger charge is -2.11. The summed E-state index contributed by atoms with van der Waals surface area (Å²) in [6.07, 6.45) is 5.15. The number of nitrogens with one attached hydrogen (secondary N) is 1. The van der Waals surface area contributed by atoms with E-state index in [2.05, 4.69) is 41.9 Å². The quantitative estimate of drug-likeness (QED) is 0.488. The van der Waals surface area contributed by atoms with Crippen molar-refractivity contribution in [2.24, 2.45) is 11.7 Å². The summed E-state index contributed by atoms with van der Waals surface area (Å²) in [5, 5.41) is 0. The molecular weight excluding hydrogens is 352 g/mol. The molecule has 0 heterocycles. The van der Waals surface area contributed by atoms with E-state index < -0.39 is 5.97 Å². The molecule has 1 atom stereocenters. The second kappa shape index (κ2) is 11.9. The summed E-state index contributed by atoms with van der Waals surface area (Å²) < 4.78 is 0. The largest absolute Gasteiger partial charge is 0.340 e. The van der Waals surface area contributed by atoms with Crippen LogP contribution in [0.1, 0.15) is 42.9 Å². The Labute approximate surface area is 167 Å². The number of unbranched alkanes of at least 4 members (excludes halogenated alkanes) is 1. The van der Waals surface area contributed by atoms with Crippen LogP contribution in [0.3, 0.4) is 0 Å². The molecule has 0 unspecified atom stereocenters. The Bertz CT molecular complexity index is 725. The molecule has 0 aliphatic heterocycles. The van der Waals surface area contributed by atoms with Crippen molar-refractivity contribution in [3.63, 3.8) is 0 Å². The fourth-order valence-corrected chi connectivity index (χ4v) is 2.97. The maximum absolute atomic E-state index is 11.9. The molecule has 0 fully saturated rings. The summed E-state index contributed by atoms with van der Waals surface area (Å²) in [7, 11) is 0. The molecule has 3 N–H and O–H groups in total. The molecule has 0 saturated carbocycles. The van der Waals surface area contributed by atoms with E-state index >= 15 is 0 Å². The van der Waals surface area contributed by atoms with Crippen molar-refractivity contribution in [3.05, 3.63) is 71.3 Å². The Hall–Kier alpha value is -2.66. The van der Waals surface area contributed by atoms with Crippen LogP contribution in [-0.2, 0) is 33.7 Å². The van der Waals surface area contributed by atoms with E-state index in [0.29, 0.717) is 6.42 Å². The van der Waals surface area contributed by atoms with Crippen LogP contribution < -0.4 is 11.2 Å². The van der Waals surface area contributed by atoms with Gasteiger partial charge in [-0.25, -0.2) is 4.79 Å². The van der Waals surface area contributed by atoms with E-state index in [1.807, 2.05) is 25.1 Å². The van der Waals surface area contributed by atoms with Crippen LogP contribution in [0.2, 0.25) is 0 Å². The molecule has 0 aromatic heterocycles. The summed E-state index contributed by atoms with van der Waals surface area (Å²) >= 11 is 0. The van der Waals surface area contributed by atoms with E-state index in [1.54, 1.807) is 0 Å². The van der Waals surface area contributed by atoms with Crippen LogP contribution in [0.15, 0.2) is 54.6 Å². The van der Waals surface area contributed by atoms with Crippen molar-refractivity contribution in [2.45, 2.75) is 45.4 Å². The van der Waals surface area contributed by atoms with Crippen LogP contribution >= 0.6 is 0 Å². The van der Waals surface area contributed by atoms with Gasteiger partial charge in [-0.1, -0.05) is 61.5 Å². The molecule has 1 amide bonds. The number of hydrogen-bond donors (Lipinski definition) is 2. The van der Waals surface area contributed by atoms with Gasteiger partial charge in [-0.15, -0.1) is 0 Å². The Morgan fingerprint density at radius 3 is 2.07 bits per heavy atom. The van der Waals surface area contributed by atoms with Gasteiger partial charge in [-0.3, -0.25) is 4.79 Å². The number of hydrogen-bond acceptors (Lipinski definition) is 4. The average molecular weight is 383 g/mol. The molecule has 0 radical (unpaired) electrons. The van der Waals surface area contributed by atoms with Gasteiger partial charge in [0.1, 0.15) is 0 Å². The van der Waals surface area contributed by atoms with E-state index in [-0.39, 0.29) is 24.8 Å². The highest BCUT2D eigenvalue weighted by molar-refractivity contribution is 5.80. The molecule has 5 nitrogen and oxygen atoms in total. The summed E-state index contributed by atoms with van der Waals surface area (Å²) in [5.41, 5.74) is 11.2. The van der Waals surface area contributed by atoms with Crippen LogP contribution in [0.5, 0.6) is 0 Å². The van der Waals surface area contributed by atoms with Crippen LogP contribution in [0.25, 0.3) is 0 Å². The lowest BCUT2D eigenvalue weighted by Crippen LogP contribution is -2.34. The van der Waals surface area contributed by atoms with E-state index in [0.717, 1.165) is 31.2 Å². The lowest BCUT2D eigenvalue weighted by atomic mass is 10.0. The molecule has 5 heteroatoms. The molecule has 28 heavy (non-hydrogen) atoms. The number of amides is 1. The van der Waals surface area contributed by atoms with Gasteiger partial charge in [0, 0.05) is 6.54 Å². The topological polar surface area (TPSA) is 81.4 Å². The minimum absolute atomic E-state index is 0.168. The normalized spacial score (nSPS) is 11.6. The fourth-order valence-electron chi connectivity index (χ4n) is 2.97. The summed E-state index contributed by atoms with van der Waals surface area (Å²) in [4.78, 5) is 28.5. The van der Waals surface area contributed by atoms with Crippen LogP contribution in [-0.4, -0.2) is 18.4 Å². The lowest BCUT2D eigenvalue weighted by molar-refractivity contribution is -0.161. The molecule has 0 spiro atoms. The second-order valence-corrected chi connectivity index (χ2v) is 6.97. The highest BCUT2D eigenvalue weighted by atomic mass is 16.7. The standard InChI is InChI=1S/C23H30N2O3/c1-2-21(17-24)23(27)28-25-22(26)16-20-14-12-19(13-15-20)11-7-6-10-18-8-4-3-5-9-18/h3-5,8-9,12-15,21H,2,6-7,10-11,16-17,24H2,1H3,(H,25,26)/t21-/m0/s1. The van der Waals surface area contributed by atoms with Crippen molar-refractivity contribution >= 4 is 11.9 Å². The average Bonchev–Trinajstić information content (AvgIpc) is 2.72. The molecule has 0 aliphatic rings. The molecule has 0 aliphatic carbocycles. The van der Waals surface area contributed by atoms with E-state index in [4.69, 9.17) is 10.6 Å². The monoisotopic (exact) mass is 382 g/mol. The van der Waals surface area contributed by atoms with Gasteiger partial charge in [0.2, 0.25) is 0 Å². The summed E-state index contributed by atoms with van der Waals surface area (Å²) in [6, 6.07) is 18.5. The maximum atomic E-state index is 11.9. The number of hydroxylamine groups is 1. The molecule has 0 saturated heterocycles. The van der Waals surface area contributed by atoms with Crippen LogP contribution in [0.4, 0.5) is 0 Å². The molecule has 0 bridgehead atoms. The Kier molecular flexibility index (Phi) is 9.22. The summed E-state index contributed by atoms with van der Waals surface area (Å²) in [5.74, 6) is -1.23. The van der Waals surface area contributed by atoms with Crippen molar-refractivity contribution in [2.75, 3.05) is 6.54 Å². The van der Waals surface area contributed by atoms with Gasteiger partial charge in [-0.2, -0.15) is 5.48 Å². The molecule has 150 valence electrons. The highest BCUT2D eigenvalue weighted by Crippen LogP contribution is 2.11. The number of aryl methyl sites for hydroxylation is 2. The third kappa shape index (κ3) is 7.53. The number of carbonyl (C=O) groups excluding carboxylic acids is 2. The van der Waals surface area contributed by atoms with Gasteiger partial charge in [0.25, 0.3) is 5.91 Å². The predicted octanol–water partition coefficient (Wildman–Crippen LogP) is 3.35. The third-order valence-electron chi connectivity index (χ3n) is 4.79. The highest BCUT2D eigenvalue weighted by Gasteiger charge is 2.17. The van der Waals surface area contributed by atoms with Gasteiger partial charge < -0.3 is 10.6 Å². The SMILES string of the molecule is CC[C@@H](CN)C(=O)ONC(=O)Cc1ccc(CCCCc2ccccc2)cc1. The fraction of sp³-hybridized carbons (Fsp3) is 0.391. The first-order chi connectivity index (χ1) is 13.6. The first kappa shape index (κ1) is 21.6. The minimum atomic E-state index is -0.496. The Balaban J connectivity index is 1.68. The van der Waals surface area contributed by atoms with Crippen molar-refractivity contribution in [1.29, 1.82) is 0 Å². The van der Waals surface area contributed by atoms with Gasteiger partial charge in [0.05, 0.1) is 12.3 Å². The van der Waals surface area contributed by atoms with Crippen molar-refractivity contribution in [1.82, 2.24) is 5.48 Å². The summed E-state index contributed by atoms with van der Waals surface area (Å²) in [6.45, 7) is 2.06. The number of rotatable bonds is 10. The number of benzene rings is 2. The van der Waals surface area contributed by atoms with Crippen molar-refractivity contribution < 1.29 is 14.4 Å². The first-order valence-corrected chi connectivity index (χ1v) is 9.93. The molecule has 2 aromatic carbocycles.